The van der Waals surface area contributed by atoms with E-state index in [1.165, 1.54) is 10.4 Å². The Labute approximate surface area is 138 Å². The minimum atomic E-state index is 0.216. The van der Waals surface area contributed by atoms with Crippen molar-refractivity contribution in [3.05, 3.63) is 44.6 Å². The Morgan fingerprint density at radius 1 is 1.05 bits per heavy atom. The zero-order valence-electron chi connectivity index (χ0n) is 12.6. The highest BCUT2D eigenvalue weighted by Crippen LogP contribution is 2.33. The van der Waals surface area contributed by atoms with Crippen molar-refractivity contribution in [3.8, 4) is 11.5 Å². The van der Waals surface area contributed by atoms with Crippen LogP contribution in [0, 0.1) is 0 Å². The molecule has 2 rings (SSSR count). The molecule has 2 unspecified atom stereocenters. The first-order chi connectivity index (χ1) is 10.1. The predicted molar refractivity (Wildman–Crippen MR) is 91.5 cm³/mol. The summed E-state index contributed by atoms with van der Waals surface area (Å²) in [6, 6.07) is 8.61. The largest absolute Gasteiger partial charge is 0.493 e. The Morgan fingerprint density at radius 2 is 1.76 bits per heavy atom. The molecule has 1 N–H and O–H groups in total. The molecule has 0 aliphatic heterocycles. The molecule has 0 amide bonds. The molecular formula is C16H20BrNO2S. The molecule has 0 bridgehead atoms. The number of hydrogen-bond acceptors (Lipinski definition) is 4. The number of benzene rings is 1. The molecule has 2 atom stereocenters. The van der Waals surface area contributed by atoms with Crippen LogP contribution < -0.4 is 14.8 Å². The highest BCUT2D eigenvalue weighted by Gasteiger charge is 2.16. The lowest BCUT2D eigenvalue weighted by Gasteiger charge is -2.21. The molecule has 2 aromatic rings. The minimum Gasteiger partial charge on any atom is -0.493 e. The molecule has 1 aromatic heterocycles. The average molecular weight is 370 g/mol. The minimum absolute atomic E-state index is 0.216. The van der Waals surface area contributed by atoms with Crippen molar-refractivity contribution in [1.82, 2.24) is 5.32 Å². The first-order valence-corrected chi connectivity index (χ1v) is 8.45. The number of halogens is 1. The van der Waals surface area contributed by atoms with Crippen molar-refractivity contribution in [2.75, 3.05) is 14.2 Å². The number of rotatable bonds is 6. The van der Waals surface area contributed by atoms with E-state index in [-0.39, 0.29) is 12.1 Å². The van der Waals surface area contributed by atoms with Gasteiger partial charge in [-0.15, -0.1) is 11.3 Å². The summed E-state index contributed by atoms with van der Waals surface area (Å²) in [7, 11) is 3.31. The van der Waals surface area contributed by atoms with Crippen LogP contribution in [0.15, 0.2) is 34.1 Å². The van der Waals surface area contributed by atoms with Gasteiger partial charge in [-0.1, -0.05) is 6.07 Å². The summed E-state index contributed by atoms with van der Waals surface area (Å²) >= 11 is 5.34. The van der Waals surface area contributed by atoms with Crippen molar-refractivity contribution in [2.45, 2.75) is 25.9 Å². The summed E-state index contributed by atoms with van der Waals surface area (Å²) < 4.78 is 11.8. The summed E-state index contributed by atoms with van der Waals surface area (Å²) in [4.78, 5) is 1.31. The van der Waals surface area contributed by atoms with Crippen LogP contribution in [0.1, 0.15) is 36.4 Å². The van der Waals surface area contributed by atoms with Gasteiger partial charge in [0.25, 0.3) is 0 Å². The molecule has 114 valence electrons. The Balaban J connectivity index is 2.13. The Kier molecular flexibility index (Phi) is 5.67. The van der Waals surface area contributed by atoms with Gasteiger partial charge in [0, 0.05) is 21.4 Å². The van der Waals surface area contributed by atoms with Crippen LogP contribution in [0.5, 0.6) is 11.5 Å². The van der Waals surface area contributed by atoms with Crippen LogP contribution in [-0.4, -0.2) is 14.2 Å². The number of ether oxygens (including phenoxy) is 2. The quantitative estimate of drug-likeness (QED) is 0.781. The maximum Gasteiger partial charge on any atom is 0.161 e. The van der Waals surface area contributed by atoms with Crippen LogP contribution in [-0.2, 0) is 0 Å². The number of methoxy groups -OCH3 is 2. The van der Waals surface area contributed by atoms with Crippen LogP contribution >= 0.6 is 27.3 Å². The van der Waals surface area contributed by atoms with Gasteiger partial charge in [0.05, 0.1) is 14.2 Å². The number of nitrogens with one attached hydrogen (secondary N) is 1. The van der Waals surface area contributed by atoms with E-state index in [9.17, 15) is 0 Å². The molecule has 21 heavy (non-hydrogen) atoms. The van der Waals surface area contributed by atoms with Gasteiger partial charge >= 0.3 is 0 Å². The summed E-state index contributed by atoms with van der Waals surface area (Å²) in [5.74, 6) is 1.51. The Hall–Kier alpha value is -1.04. The SMILES string of the molecule is COc1ccc(C(C)NC(C)c2sccc2Br)cc1OC. The van der Waals surface area contributed by atoms with Crippen LogP contribution in [0.3, 0.4) is 0 Å². The lowest BCUT2D eigenvalue weighted by Crippen LogP contribution is -2.22. The monoisotopic (exact) mass is 369 g/mol. The van der Waals surface area contributed by atoms with E-state index >= 15 is 0 Å². The van der Waals surface area contributed by atoms with E-state index in [4.69, 9.17) is 9.47 Å². The van der Waals surface area contributed by atoms with Gasteiger partial charge in [0.15, 0.2) is 11.5 Å². The van der Waals surface area contributed by atoms with E-state index in [1.807, 2.05) is 12.1 Å². The maximum absolute atomic E-state index is 5.37. The third-order valence-electron chi connectivity index (χ3n) is 3.45. The zero-order chi connectivity index (χ0) is 15.4. The van der Waals surface area contributed by atoms with E-state index in [1.54, 1.807) is 25.6 Å². The molecule has 5 heteroatoms. The molecule has 3 nitrogen and oxygen atoms in total. The molecular weight excluding hydrogens is 350 g/mol. The second kappa shape index (κ2) is 7.29. The topological polar surface area (TPSA) is 30.5 Å². The molecule has 0 aliphatic carbocycles. The number of hydrogen-bond donors (Lipinski definition) is 1. The van der Waals surface area contributed by atoms with E-state index < -0.39 is 0 Å². The van der Waals surface area contributed by atoms with Gasteiger partial charge in [-0.05, 0) is 58.9 Å². The molecule has 0 fully saturated rings. The predicted octanol–water partition coefficient (Wildman–Crippen LogP) is 4.94. The normalized spacial score (nSPS) is 13.8. The smallest absolute Gasteiger partial charge is 0.161 e. The lowest BCUT2D eigenvalue weighted by atomic mass is 10.1. The third-order valence-corrected chi connectivity index (χ3v) is 5.50. The summed E-state index contributed by atoms with van der Waals surface area (Å²) in [5.41, 5.74) is 1.17. The van der Waals surface area contributed by atoms with Crippen LogP contribution in [0.25, 0.3) is 0 Å². The van der Waals surface area contributed by atoms with Crippen molar-refractivity contribution < 1.29 is 9.47 Å². The fraction of sp³-hybridized carbons (Fsp3) is 0.375. The van der Waals surface area contributed by atoms with Gasteiger partial charge < -0.3 is 14.8 Å². The van der Waals surface area contributed by atoms with Gasteiger partial charge in [0.1, 0.15) is 0 Å². The first kappa shape index (κ1) is 16.3. The molecule has 0 spiro atoms. The molecule has 0 aliphatic rings. The van der Waals surface area contributed by atoms with E-state index in [0.29, 0.717) is 0 Å². The van der Waals surface area contributed by atoms with Crippen molar-refractivity contribution in [3.63, 3.8) is 0 Å². The van der Waals surface area contributed by atoms with Crippen molar-refractivity contribution in [2.24, 2.45) is 0 Å². The Morgan fingerprint density at radius 3 is 2.33 bits per heavy atom. The zero-order valence-corrected chi connectivity index (χ0v) is 15.0. The second-order valence-corrected chi connectivity index (χ2v) is 6.66. The van der Waals surface area contributed by atoms with Crippen LogP contribution in [0.2, 0.25) is 0 Å². The molecule has 1 heterocycles. The second-order valence-electron chi connectivity index (χ2n) is 4.86. The van der Waals surface area contributed by atoms with E-state index in [0.717, 1.165) is 16.0 Å². The molecule has 0 saturated carbocycles. The third kappa shape index (κ3) is 3.78. The maximum atomic E-state index is 5.37. The van der Waals surface area contributed by atoms with Crippen molar-refractivity contribution >= 4 is 27.3 Å². The van der Waals surface area contributed by atoms with Gasteiger partial charge in [0.2, 0.25) is 0 Å². The highest BCUT2D eigenvalue weighted by atomic mass is 79.9. The molecule has 0 radical (unpaired) electrons. The molecule has 1 aromatic carbocycles. The standard InChI is InChI=1S/C16H20BrNO2S/c1-10(18-11(2)16-13(17)7-8-21-16)12-5-6-14(19-3)15(9-12)20-4/h5-11,18H,1-4H3. The van der Waals surface area contributed by atoms with Gasteiger partial charge in [-0.25, -0.2) is 0 Å². The van der Waals surface area contributed by atoms with Crippen LogP contribution in [0.4, 0.5) is 0 Å². The first-order valence-electron chi connectivity index (χ1n) is 6.77. The lowest BCUT2D eigenvalue weighted by molar-refractivity contribution is 0.353. The Bertz CT molecular complexity index is 600. The fourth-order valence-corrected chi connectivity index (χ4v) is 4.02. The number of thiophene rings is 1. The van der Waals surface area contributed by atoms with Crippen molar-refractivity contribution in [1.29, 1.82) is 0 Å². The highest BCUT2D eigenvalue weighted by molar-refractivity contribution is 9.10. The van der Waals surface area contributed by atoms with Gasteiger partial charge in [-0.2, -0.15) is 0 Å². The fourth-order valence-electron chi connectivity index (χ4n) is 2.28. The summed E-state index contributed by atoms with van der Waals surface area (Å²) in [6.45, 7) is 4.33. The van der Waals surface area contributed by atoms with Gasteiger partial charge in [-0.3, -0.25) is 0 Å². The summed E-state index contributed by atoms with van der Waals surface area (Å²) in [6.07, 6.45) is 0. The average Bonchev–Trinajstić information content (AvgIpc) is 2.92. The van der Waals surface area contributed by atoms with E-state index in [2.05, 4.69) is 52.6 Å². The summed E-state index contributed by atoms with van der Waals surface area (Å²) in [5, 5.41) is 5.71. The molecule has 0 saturated heterocycles.